The summed E-state index contributed by atoms with van der Waals surface area (Å²) in [5, 5.41) is 0.754. The van der Waals surface area contributed by atoms with Gasteiger partial charge in [0.05, 0.1) is 24.5 Å². The molecule has 0 unspecified atom stereocenters. The Balaban J connectivity index is 1.78. The number of furan rings is 1. The molecule has 0 aliphatic heterocycles. The Hall–Kier alpha value is -3.39. The predicted octanol–water partition coefficient (Wildman–Crippen LogP) is 4.13. The van der Waals surface area contributed by atoms with Crippen LogP contribution < -0.4 is 0 Å². The van der Waals surface area contributed by atoms with Gasteiger partial charge in [0.25, 0.3) is 0 Å². The Bertz CT molecular complexity index is 1120. The van der Waals surface area contributed by atoms with Crippen LogP contribution in [-0.4, -0.2) is 42.5 Å². The van der Waals surface area contributed by atoms with Gasteiger partial charge in [0.1, 0.15) is 5.58 Å². The number of aryl methyl sites for hydroxylation is 1. The molecule has 3 rings (SSSR count). The number of rotatable bonds is 9. The molecule has 8 nitrogen and oxygen atoms in total. The van der Waals surface area contributed by atoms with E-state index in [9.17, 15) is 14.4 Å². The third-order valence-electron chi connectivity index (χ3n) is 4.86. The average Bonchev–Trinajstić information content (AvgIpc) is 3.27. The lowest BCUT2D eigenvalue weighted by molar-refractivity contribution is 0.0437. The summed E-state index contributed by atoms with van der Waals surface area (Å²) in [6.45, 7) is 7.26. The molecule has 0 atom stereocenters. The summed E-state index contributed by atoms with van der Waals surface area (Å²) in [6, 6.07) is 7.21. The second-order valence-electron chi connectivity index (χ2n) is 6.89. The van der Waals surface area contributed by atoms with E-state index in [0.29, 0.717) is 34.6 Å². The zero-order valence-electron chi connectivity index (χ0n) is 18.0. The maximum absolute atomic E-state index is 12.7. The van der Waals surface area contributed by atoms with E-state index in [1.807, 2.05) is 19.1 Å². The van der Waals surface area contributed by atoms with E-state index in [4.69, 9.17) is 18.6 Å². The second-order valence-corrected chi connectivity index (χ2v) is 6.89. The molecule has 0 spiro atoms. The molecule has 2 heterocycles. The van der Waals surface area contributed by atoms with Gasteiger partial charge in [-0.1, -0.05) is 18.2 Å². The number of ether oxygens (including phenoxy) is 3. The summed E-state index contributed by atoms with van der Waals surface area (Å²) >= 11 is 0. The molecule has 0 saturated carbocycles. The first-order valence-electron chi connectivity index (χ1n) is 10.0. The fraction of sp³-hybridized carbons (Fsp3) is 0.348. The van der Waals surface area contributed by atoms with Gasteiger partial charge in [-0.2, -0.15) is 0 Å². The van der Waals surface area contributed by atoms with Crippen molar-refractivity contribution in [3.05, 3.63) is 58.1 Å². The Morgan fingerprint density at radius 1 is 1.00 bits per heavy atom. The lowest BCUT2D eigenvalue weighted by Crippen LogP contribution is -2.16. The van der Waals surface area contributed by atoms with Crippen LogP contribution in [0.5, 0.6) is 0 Å². The topological polar surface area (TPSA) is 108 Å². The number of aromatic amines is 1. The van der Waals surface area contributed by atoms with Crippen LogP contribution in [0.3, 0.4) is 0 Å². The maximum atomic E-state index is 12.7. The van der Waals surface area contributed by atoms with Crippen LogP contribution >= 0.6 is 0 Å². The lowest BCUT2D eigenvalue weighted by atomic mass is 10.1. The number of para-hydroxylation sites is 1. The number of nitrogens with one attached hydrogen (secondary N) is 1. The number of esters is 2. The average molecular weight is 427 g/mol. The van der Waals surface area contributed by atoms with Crippen molar-refractivity contribution in [2.24, 2.45) is 0 Å². The molecule has 0 aliphatic rings. The van der Waals surface area contributed by atoms with E-state index in [1.54, 1.807) is 32.9 Å². The van der Waals surface area contributed by atoms with Crippen LogP contribution in [0.15, 0.2) is 28.7 Å². The first kappa shape index (κ1) is 22.3. The summed E-state index contributed by atoms with van der Waals surface area (Å²) in [5.74, 6) is -1.72. The Labute approximate surface area is 179 Å². The molecule has 8 heteroatoms. The van der Waals surface area contributed by atoms with Crippen molar-refractivity contribution in [3.63, 3.8) is 0 Å². The molecule has 164 valence electrons. The van der Waals surface area contributed by atoms with E-state index < -0.39 is 24.3 Å². The SMILES string of the molecule is CCOCc1c(C(=O)OCC(=O)c2[nH]c(C)c(C(=O)OCC)c2C)oc2ccccc12. The van der Waals surface area contributed by atoms with Crippen molar-refractivity contribution in [2.45, 2.75) is 34.3 Å². The molecule has 2 aromatic heterocycles. The number of carbonyl (C=O) groups excluding carboxylic acids is 3. The van der Waals surface area contributed by atoms with E-state index in [1.165, 1.54) is 0 Å². The highest BCUT2D eigenvalue weighted by molar-refractivity contribution is 6.03. The van der Waals surface area contributed by atoms with Crippen molar-refractivity contribution in [1.29, 1.82) is 0 Å². The Kier molecular flexibility index (Phi) is 6.91. The van der Waals surface area contributed by atoms with Crippen molar-refractivity contribution >= 4 is 28.7 Å². The van der Waals surface area contributed by atoms with E-state index in [2.05, 4.69) is 4.98 Å². The Morgan fingerprint density at radius 2 is 1.74 bits per heavy atom. The number of H-pyrrole nitrogens is 1. The van der Waals surface area contributed by atoms with Crippen molar-refractivity contribution in [2.75, 3.05) is 19.8 Å². The van der Waals surface area contributed by atoms with E-state index in [-0.39, 0.29) is 24.7 Å². The quantitative estimate of drug-likeness (QED) is 0.404. The first-order valence-corrected chi connectivity index (χ1v) is 10.0. The van der Waals surface area contributed by atoms with Crippen molar-refractivity contribution in [3.8, 4) is 0 Å². The third kappa shape index (κ3) is 4.54. The van der Waals surface area contributed by atoms with Crippen LogP contribution in [-0.2, 0) is 20.8 Å². The minimum Gasteiger partial charge on any atom is -0.462 e. The van der Waals surface area contributed by atoms with Gasteiger partial charge in [-0.15, -0.1) is 0 Å². The van der Waals surface area contributed by atoms with Crippen molar-refractivity contribution < 1.29 is 33.0 Å². The van der Waals surface area contributed by atoms with Crippen LogP contribution in [0.1, 0.15) is 62.1 Å². The number of aromatic nitrogens is 1. The van der Waals surface area contributed by atoms with Crippen LogP contribution in [0.25, 0.3) is 11.0 Å². The van der Waals surface area contributed by atoms with Gasteiger partial charge in [0.2, 0.25) is 11.5 Å². The molecule has 0 amide bonds. The van der Waals surface area contributed by atoms with E-state index in [0.717, 1.165) is 5.39 Å². The lowest BCUT2D eigenvalue weighted by Gasteiger charge is -2.05. The molecule has 0 radical (unpaired) electrons. The molecule has 1 aromatic carbocycles. The van der Waals surface area contributed by atoms with Crippen LogP contribution in [0.4, 0.5) is 0 Å². The number of hydrogen-bond donors (Lipinski definition) is 1. The minimum atomic E-state index is -0.759. The molecule has 0 saturated heterocycles. The van der Waals surface area contributed by atoms with Gasteiger partial charge in [-0.05, 0) is 39.3 Å². The number of ketones is 1. The van der Waals surface area contributed by atoms with Gasteiger partial charge in [-0.3, -0.25) is 4.79 Å². The highest BCUT2D eigenvalue weighted by Gasteiger charge is 2.26. The van der Waals surface area contributed by atoms with Crippen LogP contribution in [0, 0.1) is 13.8 Å². The summed E-state index contributed by atoms with van der Waals surface area (Å²) in [7, 11) is 0. The molecule has 31 heavy (non-hydrogen) atoms. The molecule has 1 N–H and O–H groups in total. The zero-order valence-corrected chi connectivity index (χ0v) is 18.0. The van der Waals surface area contributed by atoms with Crippen LogP contribution in [0.2, 0.25) is 0 Å². The van der Waals surface area contributed by atoms with Gasteiger partial charge in [0, 0.05) is 23.3 Å². The fourth-order valence-corrected chi connectivity index (χ4v) is 3.42. The van der Waals surface area contributed by atoms with E-state index >= 15 is 0 Å². The summed E-state index contributed by atoms with van der Waals surface area (Å²) in [4.78, 5) is 40.3. The Morgan fingerprint density at radius 3 is 2.45 bits per heavy atom. The first-order chi connectivity index (χ1) is 14.9. The number of carbonyl (C=O) groups is 3. The number of fused-ring (bicyclic) bond motifs is 1. The standard InChI is InChI=1S/C23H25NO7/c1-5-28-11-16-15-9-7-8-10-18(15)31-21(16)23(27)30-12-17(25)20-13(3)19(14(4)24-20)22(26)29-6-2/h7-10,24H,5-6,11-12H2,1-4H3. The zero-order chi connectivity index (χ0) is 22.5. The van der Waals surface area contributed by atoms with Gasteiger partial charge in [0.15, 0.2) is 6.61 Å². The number of benzene rings is 1. The van der Waals surface area contributed by atoms with Gasteiger partial charge >= 0.3 is 11.9 Å². The summed E-state index contributed by atoms with van der Waals surface area (Å²) in [6.07, 6.45) is 0. The minimum absolute atomic E-state index is 0.00838. The molecular weight excluding hydrogens is 402 g/mol. The van der Waals surface area contributed by atoms with Gasteiger partial charge < -0.3 is 23.6 Å². The summed E-state index contributed by atoms with van der Waals surface area (Å²) < 4.78 is 21.4. The fourth-order valence-electron chi connectivity index (χ4n) is 3.42. The largest absolute Gasteiger partial charge is 0.462 e. The highest BCUT2D eigenvalue weighted by Crippen LogP contribution is 2.27. The van der Waals surface area contributed by atoms with Gasteiger partial charge in [-0.25, -0.2) is 9.59 Å². The molecule has 0 fully saturated rings. The smallest absolute Gasteiger partial charge is 0.375 e. The monoisotopic (exact) mass is 427 g/mol. The molecule has 0 bridgehead atoms. The third-order valence-corrected chi connectivity index (χ3v) is 4.86. The number of Topliss-reactive ketones (excluding diaryl/α,β-unsaturated/α-hetero) is 1. The molecule has 0 aliphatic carbocycles. The second kappa shape index (κ2) is 9.61. The highest BCUT2D eigenvalue weighted by atomic mass is 16.5. The summed E-state index contributed by atoms with van der Waals surface area (Å²) in [5.41, 5.74) is 2.59. The molecule has 3 aromatic rings. The van der Waals surface area contributed by atoms with Crippen molar-refractivity contribution in [1.82, 2.24) is 4.98 Å². The maximum Gasteiger partial charge on any atom is 0.375 e. The number of hydrogen-bond acceptors (Lipinski definition) is 7. The molecular formula is C23H25NO7. The normalized spacial score (nSPS) is 11.0. The predicted molar refractivity (Wildman–Crippen MR) is 112 cm³/mol.